The van der Waals surface area contributed by atoms with Gasteiger partial charge in [0.05, 0.1) is 6.54 Å². The summed E-state index contributed by atoms with van der Waals surface area (Å²) in [5, 5.41) is 4.11. The first-order valence-electron chi connectivity index (χ1n) is 4.14. The van der Waals surface area contributed by atoms with Gasteiger partial charge in [0.2, 0.25) is 5.90 Å². The molecule has 1 aliphatic rings. The quantitative estimate of drug-likeness (QED) is 0.686. The third kappa shape index (κ3) is 1.37. The van der Waals surface area contributed by atoms with Crippen molar-refractivity contribution in [3.63, 3.8) is 0 Å². The second-order valence-corrected chi connectivity index (χ2v) is 3.59. The summed E-state index contributed by atoms with van der Waals surface area (Å²) in [5.74, 6) is 0.822. The molecule has 0 N–H and O–H groups in total. The zero-order valence-electron chi connectivity index (χ0n) is 6.99. The minimum atomic E-state index is 0.305. The van der Waals surface area contributed by atoms with Crippen molar-refractivity contribution >= 4 is 17.2 Å². The van der Waals surface area contributed by atoms with Crippen molar-refractivity contribution < 1.29 is 4.74 Å². The average Bonchev–Trinajstić information content (AvgIpc) is 2.75. The van der Waals surface area contributed by atoms with E-state index < -0.39 is 0 Å². The molecule has 1 aromatic rings. The fraction of sp³-hybridized carbons (Fsp3) is 0.444. The normalized spacial score (nSPS) is 22.1. The summed E-state index contributed by atoms with van der Waals surface area (Å²) in [7, 11) is 0. The fourth-order valence-corrected chi connectivity index (χ4v) is 1.80. The van der Waals surface area contributed by atoms with Crippen LogP contribution in [-0.2, 0) is 4.74 Å². The summed E-state index contributed by atoms with van der Waals surface area (Å²) in [6, 6.07) is 2.04. The first-order chi connectivity index (χ1) is 5.90. The smallest absolute Gasteiger partial charge is 0.217 e. The molecule has 1 atom stereocenters. The van der Waals surface area contributed by atoms with E-state index in [4.69, 9.17) is 4.74 Å². The van der Waals surface area contributed by atoms with Gasteiger partial charge in [-0.1, -0.05) is 6.92 Å². The van der Waals surface area contributed by atoms with E-state index in [0.29, 0.717) is 6.10 Å². The second-order valence-electron chi connectivity index (χ2n) is 2.81. The standard InChI is InChI=1S/C9H11NOS/c1-2-8-5-10-9(11-8)7-3-4-12-6-7/h3-4,6,8H,2,5H2,1H3. The van der Waals surface area contributed by atoms with Gasteiger partial charge >= 0.3 is 0 Å². The lowest BCUT2D eigenvalue weighted by Gasteiger charge is -2.06. The highest BCUT2D eigenvalue weighted by Crippen LogP contribution is 2.16. The summed E-state index contributed by atoms with van der Waals surface area (Å²) >= 11 is 1.67. The first-order valence-corrected chi connectivity index (χ1v) is 5.08. The topological polar surface area (TPSA) is 21.6 Å². The molecule has 1 unspecified atom stereocenters. The minimum absolute atomic E-state index is 0.305. The number of aliphatic imine (C=N–C) groups is 1. The molecule has 0 amide bonds. The maximum atomic E-state index is 5.61. The number of ether oxygens (including phenoxy) is 1. The van der Waals surface area contributed by atoms with E-state index in [2.05, 4.69) is 17.3 Å². The van der Waals surface area contributed by atoms with Crippen molar-refractivity contribution in [2.45, 2.75) is 19.4 Å². The average molecular weight is 181 g/mol. The fourth-order valence-electron chi connectivity index (χ4n) is 1.18. The zero-order valence-corrected chi connectivity index (χ0v) is 7.80. The zero-order chi connectivity index (χ0) is 8.39. The van der Waals surface area contributed by atoms with E-state index in [9.17, 15) is 0 Å². The van der Waals surface area contributed by atoms with E-state index in [0.717, 1.165) is 24.4 Å². The van der Waals surface area contributed by atoms with Crippen molar-refractivity contribution in [3.8, 4) is 0 Å². The SMILES string of the molecule is CCC1CN=C(c2ccsc2)O1. The van der Waals surface area contributed by atoms with Crippen LogP contribution >= 0.6 is 11.3 Å². The van der Waals surface area contributed by atoms with Crippen molar-refractivity contribution in [3.05, 3.63) is 22.4 Å². The van der Waals surface area contributed by atoms with Crippen molar-refractivity contribution in [1.29, 1.82) is 0 Å². The highest BCUT2D eigenvalue weighted by atomic mass is 32.1. The third-order valence-electron chi connectivity index (χ3n) is 1.94. The van der Waals surface area contributed by atoms with E-state index in [1.807, 2.05) is 11.4 Å². The summed E-state index contributed by atoms with van der Waals surface area (Å²) in [5.41, 5.74) is 1.12. The number of hydrogen-bond donors (Lipinski definition) is 0. The molecule has 0 saturated heterocycles. The van der Waals surface area contributed by atoms with E-state index in [1.165, 1.54) is 0 Å². The predicted molar refractivity (Wildman–Crippen MR) is 50.9 cm³/mol. The summed E-state index contributed by atoms with van der Waals surface area (Å²) in [6.45, 7) is 2.94. The molecular formula is C9H11NOS. The van der Waals surface area contributed by atoms with Gasteiger partial charge in [0.25, 0.3) is 0 Å². The number of nitrogens with zero attached hydrogens (tertiary/aromatic N) is 1. The van der Waals surface area contributed by atoms with Crippen LogP contribution in [0.15, 0.2) is 21.8 Å². The molecule has 0 aromatic carbocycles. The first kappa shape index (κ1) is 7.80. The molecule has 2 nitrogen and oxygen atoms in total. The van der Waals surface area contributed by atoms with Gasteiger partial charge in [0.15, 0.2) is 0 Å². The molecule has 0 fully saturated rings. The van der Waals surface area contributed by atoms with Crippen molar-refractivity contribution in [2.75, 3.05) is 6.54 Å². The Kier molecular flexibility index (Phi) is 2.13. The van der Waals surface area contributed by atoms with Gasteiger partial charge in [-0.3, -0.25) is 0 Å². The predicted octanol–water partition coefficient (Wildman–Crippen LogP) is 2.30. The van der Waals surface area contributed by atoms with Gasteiger partial charge in [-0.2, -0.15) is 11.3 Å². The van der Waals surface area contributed by atoms with Crippen molar-refractivity contribution in [1.82, 2.24) is 0 Å². The Morgan fingerprint density at radius 2 is 2.67 bits per heavy atom. The Morgan fingerprint density at radius 3 is 3.25 bits per heavy atom. The maximum Gasteiger partial charge on any atom is 0.217 e. The molecule has 2 heterocycles. The third-order valence-corrected chi connectivity index (χ3v) is 2.62. The lowest BCUT2D eigenvalue weighted by Crippen LogP contribution is -2.11. The summed E-state index contributed by atoms with van der Waals surface area (Å²) in [6.07, 6.45) is 1.34. The molecule has 1 aromatic heterocycles. The lowest BCUT2D eigenvalue weighted by molar-refractivity contribution is 0.220. The Labute approximate surface area is 75.9 Å². The van der Waals surface area contributed by atoms with Gasteiger partial charge in [-0.15, -0.1) is 0 Å². The molecule has 64 valence electrons. The molecule has 12 heavy (non-hydrogen) atoms. The van der Waals surface area contributed by atoms with Crippen LogP contribution in [0.3, 0.4) is 0 Å². The van der Waals surface area contributed by atoms with Gasteiger partial charge in [-0.05, 0) is 17.9 Å². The van der Waals surface area contributed by atoms with E-state index in [-0.39, 0.29) is 0 Å². The highest BCUT2D eigenvalue weighted by molar-refractivity contribution is 7.08. The number of hydrogen-bond acceptors (Lipinski definition) is 3. The highest BCUT2D eigenvalue weighted by Gasteiger charge is 2.18. The summed E-state index contributed by atoms with van der Waals surface area (Å²) in [4.78, 5) is 4.33. The van der Waals surface area contributed by atoms with Crippen LogP contribution in [0.1, 0.15) is 18.9 Å². The minimum Gasteiger partial charge on any atom is -0.472 e. The van der Waals surface area contributed by atoms with Crippen LogP contribution in [0.2, 0.25) is 0 Å². The van der Waals surface area contributed by atoms with E-state index in [1.54, 1.807) is 11.3 Å². The number of rotatable bonds is 2. The Hall–Kier alpha value is -0.830. The molecule has 0 radical (unpaired) electrons. The van der Waals surface area contributed by atoms with Crippen LogP contribution in [0, 0.1) is 0 Å². The van der Waals surface area contributed by atoms with Crippen LogP contribution in [0.4, 0.5) is 0 Å². The maximum absolute atomic E-state index is 5.61. The Morgan fingerprint density at radius 1 is 1.75 bits per heavy atom. The van der Waals surface area contributed by atoms with Gasteiger partial charge < -0.3 is 4.74 Å². The van der Waals surface area contributed by atoms with Gasteiger partial charge in [0.1, 0.15) is 6.10 Å². The van der Waals surface area contributed by atoms with Gasteiger partial charge in [0, 0.05) is 10.9 Å². The van der Waals surface area contributed by atoms with Crippen LogP contribution < -0.4 is 0 Å². The molecule has 0 bridgehead atoms. The Balaban J connectivity index is 2.09. The van der Waals surface area contributed by atoms with E-state index >= 15 is 0 Å². The van der Waals surface area contributed by atoms with Gasteiger partial charge in [-0.25, -0.2) is 4.99 Å². The largest absolute Gasteiger partial charge is 0.472 e. The summed E-state index contributed by atoms with van der Waals surface area (Å²) < 4.78 is 5.61. The monoisotopic (exact) mass is 181 g/mol. The molecule has 1 aliphatic heterocycles. The Bertz CT molecular complexity index is 279. The van der Waals surface area contributed by atoms with Crippen LogP contribution in [-0.4, -0.2) is 18.5 Å². The van der Waals surface area contributed by atoms with Crippen LogP contribution in [0.5, 0.6) is 0 Å². The second kappa shape index (κ2) is 3.27. The lowest BCUT2D eigenvalue weighted by atomic mass is 10.3. The molecule has 2 rings (SSSR count). The molecule has 0 spiro atoms. The molecule has 0 saturated carbocycles. The van der Waals surface area contributed by atoms with Crippen LogP contribution in [0.25, 0.3) is 0 Å². The van der Waals surface area contributed by atoms with Crippen molar-refractivity contribution in [2.24, 2.45) is 4.99 Å². The molecular weight excluding hydrogens is 170 g/mol. The number of thiophene rings is 1. The molecule has 3 heteroatoms. The molecule has 0 aliphatic carbocycles.